The minimum Gasteiger partial charge on any atom is -0.399 e. The van der Waals surface area contributed by atoms with Crippen molar-refractivity contribution in [2.24, 2.45) is 7.05 Å². The predicted molar refractivity (Wildman–Crippen MR) is 79.9 cm³/mol. The van der Waals surface area contributed by atoms with Crippen molar-refractivity contribution < 1.29 is 0 Å². The molecule has 0 atom stereocenters. The Morgan fingerprint density at radius 3 is 2.63 bits per heavy atom. The molecule has 0 aliphatic carbocycles. The van der Waals surface area contributed by atoms with E-state index < -0.39 is 0 Å². The summed E-state index contributed by atoms with van der Waals surface area (Å²) in [7, 11) is 2.07. The Morgan fingerprint density at radius 2 is 1.89 bits per heavy atom. The molecule has 3 aromatic rings. The van der Waals surface area contributed by atoms with Crippen LogP contribution in [-0.2, 0) is 13.5 Å². The zero-order chi connectivity index (χ0) is 13.4. The summed E-state index contributed by atoms with van der Waals surface area (Å²) in [6, 6.07) is 14.3. The molecule has 19 heavy (non-hydrogen) atoms. The van der Waals surface area contributed by atoms with E-state index in [1.165, 1.54) is 5.56 Å². The number of aryl methyl sites for hydroxylation is 2. The molecule has 96 valence electrons. The Labute approximate surface area is 112 Å². The molecule has 0 bridgehead atoms. The van der Waals surface area contributed by atoms with Crippen LogP contribution in [0.25, 0.3) is 22.2 Å². The molecule has 0 saturated heterocycles. The van der Waals surface area contributed by atoms with E-state index in [0.29, 0.717) is 0 Å². The van der Waals surface area contributed by atoms with Gasteiger partial charge in [0.1, 0.15) is 5.82 Å². The molecule has 0 unspecified atom stereocenters. The van der Waals surface area contributed by atoms with Gasteiger partial charge in [0, 0.05) is 19.2 Å². The van der Waals surface area contributed by atoms with Crippen LogP contribution >= 0.6 is 0 Å². The fraction of sp³-hybridized carbons (Fsp3) is 0.188. The number of imidazole rings is 1. The van der Waals surface area contributed by atoms with Crippen LogP contribution in [0.1, 0.15) is 12.7 Å². The average molecular weight is 251 g/mol. The quantitative estimate of drug-likeness (QED) is 0.709. The molecule has 3 rings (SSSR count). The molecule has 3 nitrogen and oxygen atoms in total. The normalized spacial score (nSPS) is 11.1. The van der Waals surface area contributed by atoms with E-state index in [9.17, 15) is 0 Å². The minimum absolute atomic E-state index is 0.789. The third-order valence-electron chi connectivity index (χ3n) is 3.51. The maximum Gasteiger partial charge on any atom is 0.109 e. The number of nitrogens with zero attached hydrogens (tertiary/aromatic N) is 2. The largest absolute Gasteiger partial charge is 0.399 e. The first-order chi connectivity index (χ1) is 9.19. The van der Waals surface area contributed by atoms with E-state index in [-0.39, 0.29) is 0 Å². The van der Waals surface area contributed by atoms with Crippen molar-refractivity contribution >= 4 is 16.7 Å². The van der Waals surface area contributed by atoms with Crippen molar-refractivity contribution in [2.75, 3.05) is 5.73 Å². The fourth-order valence-electron chi connectivity index (χ4n) is 2.45. The van der Waals surface area contributed by atoms with Gasteiger partial charge in [-0.1, -0.05) is 25.1 Å². The average Bonchev–Trinajstić information content (AvgIpc) is 2.75. The zero-order valence-corrected chi connectivity index (χ0v) is 11.2. The van der Waals surface area contributed by atoms with Crippen molar-refractivity contribution in [1.82, 2.24) is 9.55 Å². The van der Waals surface area contributed by atoms with Gasteiger partial charge in [0.25, 0.3) is 0 Å². The third-order valence-corrected chi connectivity index (χ3v) is 3.51. The van der Waals surface area contributed by atoms with Crippen LogP contribution in [0.4, 0.5) is 5.69 Å². The monoisotopic (exact) mass is 251 g/mol. The van der Waals surface area contributed by atoms with Crippen LogP contribution in [0.3, 0.4) is 0 Å². The number of benzene rings is 2. The Hall–Kier alpha value is -2.29. The van der Waals surface area contributed by atoms with Crippen molar-refractivity contribution in [1.29, 1.82) is 0 Å². The molecule has 3 heteroatoms. The van der Waals surface area contributed by atoms with E-state index in [4.69, 9.17) is 5.73 Å². The van der Waals surface area contributed by atoms with Crippen LogP contribution in [0.2, 0.25) is 0 Å². The van der Waals surface area contributed by atoms with Gasteiger partial charge in [0.05, 0.1) is 11.0 Å². The molecular formula is C16H17N3. The van der Waals surface area contributed by atoms with Crippen LogP contribution < -0.4 is 5.73 Å². The lowest BCUT2D eigenvalue weighted by molar-refractivity contribution is 0.829. The topological polar surface area (TPSA) is 43.8 Å². The van der Waals surface area contributed by atoms with Gasteiger partial charge in [-0.25, -0.2) is 4.98 Å². The lowest BCUT2D eigenvalue weighted by Gasteiger charge is -2.04. The second kappa shape index (κ2) is 4.43. The second-order valence-electron chi connectivity index (χ2n) is 4.77. The molecule has 0 spiro atoms. The van der Waals surface area contributed by atoms with Crippen molar-refractivity contribution in [3.63, 3.8) is 0 Å². The maximum absolute atomic E-state index is 5.85. The highest BCUT2D eigenvalue weighted by atomic mass is 15.1. The van der Waals surface area contributed by atoms with Crippen molar-refractivity contribution in [3.05, 3.63) is 48.3 Å². The number of nitrogens with two attached hydrogens (primary N) is 1. The smallest absolute Gasteiger partial charge is 0.109 e. The number of rotatable bonds is 2. The molecule has 0 aliphatic rings. The van der Waals surface area contributed by atoms with Gasteiger partial charge >= 0.3 is 0 Å². The highest BCUT2D eigenvalue weighted by Gasteiger charge is 2.07. The zero-order valence-electron chi connectivity index (χ0n) is 11.2. The molecule has 0 amide bonds. The molecular weight excluding hydrogens is 234 g/mol. The molecule has 0 saturated carbocycles. The van der Waals surface area contributed by atoms with Crippen LogP contribution in [-0.4, -0.2) is 9.55 Å². The lowest BCUT2D eigenvalue weighted by atomic mass is 10.0. The fourth-order valence-corrected chi connectivity index (χ4v) is 2.45. The van der Waals surface area contributed by atoms with E-state index in [2.05, 4.69) is 47.8 Å². The number of fused-ring (bicyclic) bond motifs is 1. The Morgan fingerprint density at radius 1 is 1.11 bits per heavy atom. The summed E-state index contributed by atoms with van der Waals surface area (Å²) in [5.74, 6) is 1.11. The Kier molecular flexibility index (Phi) is 2.75. The summed E-state index contributed by atoms with van der Waals surface area (Å²) >= 11 is 0. The van der Waals surface area contributed by atoms with Gasteiger partial charge < -0.3 is 10.3 Å². The minimum atomic E-state index is 0.789. The van der Waals surface area contributed by atoms with Crippen LogP contribution in [0, 0.1) is 0 Å². The summed E-state index contributed by atoms with van der Waals surface area (Å²) in [6.45, 7) is 2.13. The third kappa shape index (κ3) is 1.97. The van der Waals surface area contributed by atoms with Gasteiger partial charge in [0.2, 0.25) is 0 Å². The summed E-state index contributed by atoms with van der Waals surface area (Å²) in [5, 5.41) is 0. The maximum atomic E-state index is 5.85. The second-order valence-corrected chi connectivity index (χ2v) is 4.77. The Bertz CT molecular complexity index is 741. The first-order valence-corrected chi connectivity index (χ1v) is 6.50. The molecule has 1 aromatic heterocycles. The first-order valence-electron chi connectivity index (χ1n) is 6.50. The SMILES string of the molecule is CCc1nc2ccc(-c3cccc(N)c3)cc2n1C. The number of nitrogen functional groups attached to an aromatic ring is 1. The summed E-state index contributed by atoms with van der Waals surface area (Å²) in [4.78, 5) is 4.62. The summed E-state index contributed by atoms with van der Waals surface area (Å²) in [5.41, 5.74) is 11.2. The number of hydrogen-bond donors (Lipinski definition) is 1. The summed E-state index contributed by atoms with van der Waals surface area (Å²) in [6.07, 6.45) is 0.943. The van der Waals surface area contributed by atoms with E-state index in [1.54, 1.807) is 0 Å². The number of aromatic nitrogens is 2. The number of anilines is 1. The highest BCUT2D eigenvalue weighted by Crippen LogP contribution is 2.26. The highest BCUT2D eigenvalue weighted by molar-refractivity contribution is 5.83. The van der Waals surface area contributed by atoms with E-state index in [0.717, 1.165) is 34.5 Å². The van der Waals surface area contributed by atoms with Crippen LogP contribution in [0.5, 0.6) is 0 Å². The van der Waals surface area contributed by atoms with Crippen molar-refractivity contribution in [2.45, 2.75) is 13.3 Å². The van der Waals surface area contributed by atoms with Gasteiger partial charge in [-0.2, -0.15) is 0 Å². The van der Waals surface area contributed by atoms with Gasteiger partial charge in [-0.15, -0.1) is 0 Å². The van der Waals surface area contributed by atoms with Gasteiger partial charge in [-0.05, 0) is 35.4 Å². The van der Waals surface area contributed by atoms with E-state index >= 15 is 0 Å². The van der Waals surface area contributed by atoms with E-state index in [1.807, 2.05) is 18.2 Å². The molecule has 2 aromatic carbocycles. The molecule has 0 fully saturated rings. The number of hydrogen-bond acceptors (Lipinski definition) is 2. The lowest BCUT2D eigenvalue weighted by Crippen LogP contribution is -1.94. The van der Waals surface area contributed by atoms with Crippen LogP contribution in [0.15, 0.2) is 42.5 Å². The first kappa shape index (κ1) is 11.8. The standard InChI is InChI=1S/C16H17N3/c1-3-16-18-14-8-7-12(10-15(14)19(16)2)11-5-4-6-13(17)9-11/h4-10H,3,17H2,1-2H3. The summed E-state index contributed by atoms with van der Waals surface area (Å²) < 4.78 is 2.16. The van der Waals surface area contributed by atoms with Gasteiger partial charge in [-0.3, -0.25) is 0 Å². The molecule has 1 heterocycles. The van der Waals surface area contributed by atoms with Gasteiger partial charge in [0.15, 0.2) is 0 Å². The molecule has 2 N–H and O–H groups in total. The van der Waals surface area contributed by atoms with Crippen molar-refractivity contribution in [3.8, 4) is 11.1 Å². The molecule has 0 aliphatic heterocycles. The Balaban J connectivity index is 2.18. The molecule has 0 radical (unpaired) electrons. The predicted octanol–water partition coefficient (Wildman–Crippen LogP) is 3.38.